The molecule has 0 atom stereocenters. The van der Waals surface area contributed by atoms with Gasteiger partial charge in [0.15, 0.2) is 0 Å². The van der Waals surface area contributed by atoms with Crippen molar-refractivity contribution in [2.75, 3.05) is 0 Å². The minimum atomic E-state index is -3.61. The van der Waals surface area contributed by atoms with E-state index in [0.717, 1.165) is 5.56 Å². The Morgan fingerprint density at radius 2 is 1.86 bits per heavy atom. The summed E-state index contributed by atoms with van der Waals surface area (Å²) in [6.45, 7) is 6.05. The monoisotopic (exact) mass is 308 g/mol. The van der Waals surface area contributed by atoms with Crippen molar-refractivity contribution in [2.45, 2.75) is 37.6 Å². The topological polar surface area (TPSA) is 76.9 Å². The predicted molar refractivity (Wildman–Crippen MR) is 80.2 cm³/mol. The molecule has 0 unspecified atom stereocenters. The normalized spacial score (nSPS) is 12.6. The molecule has 21 heavy (non-hydrogen) atoms. The molecular formula is C14H20N4O2S. The van der Waals surface area contributed by atoms with Crippen LogP contribution in [0.15, 0.2) is 35.6 Å². The Hall–Kier alpha value is -1.73. The highest BCUT2D eigenvalue weighted by Crippen LogP contribution is 2.27. The lowest BCUT2D eigenvalue weighted by molar-refractivity contribution is 0.535. The Morgan fingerprint density at radius 3 is 2.43 bits per heavy atom. The van der Waals surface area contributed by atoms with Gasteiger partial charge in [-0.25, -0.2) is 13.1 Å². The van der Waals surface area contributed by atoms with Crippen LogP contribution in [0.1, 0.15) is 32.0 Å². The molecule has 6 nitrogen and oxygen atoms in total. The van der Waals surface area contributed by atoms with Crippen molar-refractivity contribution >= 4 is 10.0 Å². The van der Waals surface area contributed by atoms with Crippen molar-refractivity contribution in [3.8, 4) is 0 Å². The molecule has 7 heteroatoms. The second-order valence-corrected chi connectivity index (χ2v) is 7.68. The second-order valence-electron chi connectivity index (χ2n) is 5.95. The molecule has 2 aromatic rings. The summed E-state index contributed by atoms with van der Waals surface area (Å²) in [7, 11) is -1.89. The first-order valence-electron chi connectivity index (χ1n) is 6.63. The number of hydrogen-bond donors (Lipinski definition) is 1. The molecule has 2 aromatic heterocycles. The Bertz CT molecular complexity index is 715. The van der Waals surface area contributed by atoms with E-state index in [1.807, 2.05) is 20.8 Å². The molecule has 0 saturated heterocycles. The fourth-order valence-corrected chi connectivity index (χ4v) is 3.34. The molecule has 0 aromatic carbocycles. The number of nitrogens with zero attached hydrogens (tertiary/aromatic N) is 3. The van der Waals surface area contributed by atoms with Gasteiger partial charge >= 0.3 is 0 Å². The third kappa shape index (κ3) is 3.68. The molecule has 1 N–H and O–H groups in total. The van der Waals surface area contributed by atoms with Gasteiger partial charge in [0.05, 0.1) is 5.69 Å². The van der Waals surface area contributed by atoms with Crippen LogP contribution in [-0.4, -0.2) is 23.2 Å². The van der Waals surface area contributed by atoms with Gasteiger partial charge in [-0.15, -0.1) is 0 Å². The summed E-state index contributed by atoms with van der Waals surface area (Å²) in [4.78, 5) is 4.14. The van der Waals surface area contributed by atoms with Crippen molar-refractivity contribution in [1.29, 1.82) is 0 Å². The fraction of sp³-hybridized carbons (Fsp3) is 0.429. The predicted octanol–water partition coefficient (Wildman–Crippen LogP) is 1.59. The number of aryl methyl sites for hydroxylation is 1. The van der Waals surface area contributed by atoms with Crippen molar-refractivity contribution < 1.29 is 8.42 Å². The molecule has 114 valence electrons. The Labute approximate surface area is 125 Å². The van der Waals surface area contributed by atoms with Crippen molar-refractivity contribution in [2.24, 2.45) is 7.05 Å². The Kier molecular flexibility index (Phi) is 4.15. The van der Waals surface area contributed by atoms with E-state index < -0.39 is 10.0 Å². The lowest BCUT2D eigenvalue weighted by Crippen LogP contribution is -2.26. The standard InChI is InChI=1S/C14H20N4O2S/c1-14(2,3)13-12(10-18(4)17-13)21(19,20)16-9-11-5-7-15-8-6-11/h5-8,10,16H,9H2,1-4H3. The van der Waals surface area contributed by atoms with E-state index in [1.165, 1.54) is 10.9 Å². The van der Waals surface area contributed by atoms with Gasteiger partial charge in [-0.3, -0.25) is 9.67 Å². The van der Waals surface area contributed by atoms with E-state index in [-0.39, 0.29) is 16.9 Å². The van der Waals surface area contributed by atoms with E-state index in [9.17, 15) is 8.42 Å². The van der Waals surface area contributed by atoms with Gasteiger partial charge in [0.1, 0.15) is 4.90 Å². The van der Waals surface area contributed by atoms with E-state index in [4.69, 9.17) is 0 Å². The Morgan fingerprint density at radius 1 is 1.24 bits per heavy atom. The van der Waals surface area contributed by atoms with Gasteiger partial charge in [-0.05, 0) is 17.7 Å². The summed E-state index contributed by atoms with van der Waals surface area (Å²) in [6.07, 6.45) is 4.80. The van der Waals surface area contributed by atoms with Gasteiger partial charge in [0.25, 0.3) is 0 Å². The van der Waals surface area contributed by atoms with Gasteiger partial charge in [0.2, 0.25) is 10.0 Å². The van der Waals surface area contributed by atoms with E-state index >= 15 is 0 Å². The zero-order valence-electron chi connectivity index (χ0n) is 12.7. The third-order valence-corrected chi connectivity index (χ3v) is 4.41. The molecule has 0 aliphatic carbocycles. The van der Waals surface area contributed by atoms with Crippen LogP contribution >= 0.6 is 0 Å². The highest BCUT2D eigenvalue weighted by Gasteiger charge is 2.29. The average Bonchev–Trinajstić information content (AvgIpc) is 2.81. The Balaban J connectivity index is 2.28. The maximum absolute atomic E-state index is 12.5. The lowest BCUT2D eigenvalue weighted by Gasteiger charge is -2.17. The van der Waals surface area contributed by atoms with Crippen molar-refractivity contribution in [3.05, 3.63) is 42.0 Å². The lowest BCUT2D eigenvalue weighted by atomic mass is 9.92. The van der Waals surface area contributed by atoms with Crippen LogP contribution in [0, 0.1) is 0 Å². The number of hydrogen-bond acceptors (Lipinski definition) is 4. The first-order valence-corrected chi connectivity index (χ1v) is 8.11. The minimum Gasteiger partial charge on any atom is -0.274 e. The van der Waals surface area contributed by atoms with Gasteiger partial charge < -0.3 is 0 Å². The highest BCUT2D eigenvalue weighted by atomic mass is 32.2. The quantitative estimate of drug-likeness (QED) is 0.930. The molecule has 0 bridgehead atoms. The zero-order chi connectivity index (χ0) is 15.7. The molecule has 0 aliphatic rings. The number of pyridine rings is 1. The highest BCUT2D eigenvalue weighted by molar-refractivity contribution is 7.89. The minimum absolute atomic E-state index is 0.226. The summed E-state index contributed by atoms with van der Waals surface area (Å²) in [5.41, 5.74) is 1.07. The van der Waals surface area contributed by atoms with Crippen molar-refractivity contribution in [1.82, 2.24) is 19.5 Å². The summed E-state index contributed by atoms with van der Waals surface area (Å²) in [5, 5.41) is 4.29. The number of sulfonamides is 1. The summed E-state index contributed by atoms with van der Waals surface area (Å²) >= 11 is 0. The smallest absolute Gasteiger partial charge is 0.244 e. The first kappa shape index (κ1) is 15.7. The largest absolute Gasteiger partial charge is 0.274 e. The molecule has 0 spiro atoms. The molecule has 2 heterocycles. The SMILES string of the molecule is Cn1cc(S(=O)(=O)NCc2ccncc2)c(C(C)(C)C)n1. The van der Waals surface area contributed by atoms with E-state index in [2.05, 4.69) is 14.8 Å². The number of rotatable bonds is 4. The molecule has 2 rings (SSSR count). The molecule has 0 saturated carbocycles. The van der Waals surface area contributed by atoms with Crippen LogP contribution in [0.3, 0.4) is 0 Å². The third-order valence-electron chi connectivity index (χ3n) is 3.01. The van der Waals surface area contributed by atoms with Crippen LogP contribution in [0.4, 0.5) is 0 Å². The number of nitrogens with one attached hydrogen (secondary N) is 1. The average molecular weight is 308 g/mol. The van der Waals surface area contributed by atoms with Crippen LogP contribution in [0.5, 0.6) is 0 Å². The number of aromatic nitrogens is 3. The van der Waals surface area contributed by atoms with Crippen LogP contribution < -0.4 is 4.72 Å². The summed E-state index contributed by atoms with van der Waals surface area (Å²) in [6, 6.07) is 3.55. The summed E-state index contributed by atoms with van der Waals surface area (Å²) in [5.74, 6) is 0. The van der Waals surface area contributed by atoms with Gasteiger partial charge in [0, 0.05) is 37.6 Å². The summed E-state index contributed by atoms with van der Waals surface area (Å²) < 4.78 is 29.2. The van der Waals surface area contributed by atoms with Crippen LogP contribution in [0.2, 0.25) is 0 Å². The van der Waals surface area contributed by atoms with E-state index in [1.54, 1.807) is 31.6 Å². The van der Waals surface area contributed by atoms with Crippen LogP contribution in [0.25, 0.3) is 0 Å². The molecule has 0 aliphatic heterocycles. The maximum Gasteiger partial charge on any atom is 0.244 e. The van der Waals surface area contributed by atoms with Gasteiger partial charge in [-0.2, -0.15) is 5.10 Å². The van der Waals surface area contributed by atoms with Gasteiger partial charge in [-0.1, -0.05) is 20.8 Å². The molecule has 0 fully saturated rings. The molecule has 0 amide bonds. The molecular weight excluding hydrogens is 288 g/mol. The van der Waals surface area contributed by atoms with Crippen LogP contribution in [-0.2, 0) is 29.0 Å². The fourth-order valence-electron chi connectivity index (χ4n) is 1.94. The first-order chi connectivity index (χ1) is 9.70. The maximum atomic E-state index is 12.5. The second kappa shape index (κ2) is 5.57. The zero-order valence-corrected chi connectivity index (χ0v) is 13.5. The van der Waals surface area contributed by atoms with Crippen molar-refractivity contribution in [3.63, 3.8) is 0 Å². The van der Waals surface area contributed by atoms with E-state index in [0.29, 0.717) is 5.69 Å². The molecule has 0 radical (unpaired) electrons.